The number of hydrogen-bond donors (Lipinski definition) is 0. The first-order valence-electron chi connectivity index (χ1n) is 4.07. The van der Waals surface area contributed by atoms with E-state index in [2.05, 4.69) is 36.6 Å². The van der Waals surface area contributed by atoms with Crippen molar-refractivity contribution in [2.45, 2.75) is 3.74 Å². The maximum atomic E-state index is 11.7. The maximum Gasteiger partial charge on any atom is 0.338 e. The summed E-state index contributed by atoms with van der Waals surface area (Å²) in [6.07, 6.45) is 0. The van der Waals surface area contributed by atoms with Gasteiger partial charge in [0.1, 0.15) is 3.74 Å². The molecule has 0 unspecified atom stereocenters. The summed E-state index contributed by atoms with van der Waals surface area (Å²) in [5, 5.41) is 0. The van der Waals surface area contributed by atoms with Gasteiger partial charge in [0.05, 0.1) is 12.7 Å². The molecule has 1 aromatic carbocycles. The average molecular weight is 336 g/mol. The predicted octanol–water partition coefficient (Wildman–Crippen LogP) is 2.77. The van der Waals surface area contributed by atoms with Crippen molar-refractivity contribution in [1.82, 2.24) is 0 Å². The molecule has 0 atom stereocenters. The van der Waals surface area contributed by atoms with Gasteiger partial charge in [-0.05, 0) is 6.07 Å². The Bertz CT molecular complexity index is 388. The summed E-state index contributed by atoms with van der Waals surface area (Å²) in [5.41, 5.74) is 0.608. The minimum atomic E-state index is -0.514. The van der Waals surface area contributed by atoms with Gasteiger partial charge in [0.2, 0.25) is 0 Å². The van der Waals surface area contributed by atoms with E-state index in [1.54, 1.807) is 24.3 Å². The quantitative estimate of drug-likeness (QED) is 0.484. The number of ketones is 1. The van der Waals surface area contributed by atoms with Crippen molar-refractivity contribution >= 4 is 43.6 Å². The number of benzene rings is 1. The molecular weight excluding hydrogens is 328 g/mol. The van der Waals surface area contributed by atoms with Crippen LogP contribution in [-0.2, 0) is 4.74 Å². The lowest BCUT2D eigenvalue weighted by atomic mass is 10.0. The van der Waals surface area contributed by atoms with Crippen LogP contribution in [0.3, 0.4) is 0 Å². The summed E-state index contributed by atoms with van der Waals surface area (Å²) in [7, 11) is 1.28. The zero-order valence-corrected chi connectivity index (χ0v) is 11.0. The number of alkyl halides is 2. The lowest BCUT2D eigenvalue weighted by Crippen LogP contribution is -2.14. The molecule has 0 aliphatic heterocycles. The molecule has 0 saturated carbocycles. The zero-order chi connectivity index (χ0) is 11.4. The number of carbonyl (C=O) groups excluding carboxylic acids is 2. The van der Waals surface area contributed by atoms with Crippen LogP contribution < -0.4 is 0 Å². The van der Waals surface area contributed by atoms with Crippen LogP contribution in [0.25, 0.3) is 0 Å². The lowest BCUT2D eigenvalue weighted by Gasteiger charge is -2.06. The van der Waals surface area contributed by atoms with Crippen LogP contribution in [0.1, 0.15) is 20.7 Å². The Hall–Kier alpha value is -0.680. The fourth-order valence-electron chi connectivity index (χ4n) is 1.10. The fourth-order valence-corrected chi connectivity index (χ4v) is 1.60. The molecule has 0 amide bonds. The van der Waals surface area contributed by atoms with Crippen molar-refractivity contribution in [3.8, 4) is 0 Å². The molecule has 1 rings (SSSR count). The normalized spacial score (nSPS) is 10.1. The second-order valence-electron chi connectivity index (χ2n) is 2.70. The molecule has 0 saturated heterocycles. The van der Waals surface area contributed by atoms with E-state index in [0.717, 1.165) is 0 Å². The van der Waals surface area contributed by atoms with Crippen LogP contribution in [0.15, 0.2) is 24.3 Å². The number of methoxy groups -OCH3 is 1. The van der Waals surface area contributed by atoms with Crippen molar-refractivity contribution in [3.05, 3.63) is 35.4 Å². The lowest BCUT2D eigenvalue weighted by molar-refractivity contribution is 0.0597. The second kappa shape index (κ2) is 5.42. The molecule has 0 radical (unpaired) electrons. The van der Waals surface area contributed by atoms with Crippen LogP contribution in [0.2, 0.25) is 0 Å². The number of esters is 1. The van der Waals surface area contributed by atoms with E-state index in [-0.39, 0.29) is 11.3 Å². The molecule has 0 aliphatic carbocycles. The van der Waals surface area contributed by atoms with Crippen LogP contribution >= 0.6 is 31.9 Å². The Morgan fingerprint density at radius 3 is 2.20 bits per heavy atom. The Labute approximate surface area is 104 Å². The number of Topliss-reactive ketones (excluding diaryl/α,β-unsaturated/α-hetero) is 1. The van der Waals surface area contributed by atoms with E-state index in [0.29, 0.717) is 5.56 Å². The smallest absolute Gasteiger partial charge is 0.338 e. The first kappa shape index (κ1) is 12.4. The van der Waals surface area contributed by atoms with Gasteiger partial charge in [-0.15, -0.1) is 0 Å². The van der Waals surface area contributed by atoms with Gasteiger partial charge in [-0.1, -0.05) is 50.1 Å². The molecule has 0 aliphatic rings. The molecular formula is C10H8Br2O3. The number of rotatable bonds is 3. The predicted molar refractivity (Wildman–Crippen MR) is 63.8 cm³/mol. The van der Waals surface area contributed by atoms with Gasteiger partial charge in [0.25, 0.3) is 0 Å². The molecule has 0 N–H and O–H groups in total. The van der Waals surface area contributed by atoms with E-state index in [1.807, 2.05) is 0 Å². The molecule has 0 spiro atoms. The molecule has 0 heterocycles. The van der Waals surface area contributed by atoms with Gasteiger partial charge in [-0.3, -0.25) is 4.79 Å². The average Bonchev–Trinajstić information content (AvgIpc) is 2.27. The van der Waals surface area contributed by atoms with E-state index < -0.39 is 9.71 Å². The van der Waals surface area contributed by atoms with Gasteiger partial charge in [0.15, 0.2) is 5.78 Å². The van der Waals surface area contributed by atoms with E-state index in [9.17, 15) is 9.59 Å². The summed E-state index contributed by atoms with van der Waals surface area (Å²) in [6, 6.07) is 6.52. The summed E-state index contributed by atoms with van der Waals surface area (Å²) in [6.45, 7) is 0. The molecule has 0 fully saturated rings. The first-order chi connectivity index (χ1) is 7.07. The van der Waals surface area contributed by atoms with Crippen LogP contribution in [0.4, 0.5) is 0 Å². The van der Waals surface area contributed by atoms with E-state index in [1.165, 1.54) is 7.11 Å². The van der Waals surface area contributed by atoms with Crippen molar-refractivity contribution in [2.75, 3.05) is 7.11 Å². The minimum Gasteiger partial charge on any atom is -0.465 e. The Morgan fingerprint density at radius 1 is 1.20 bits per heavy atom. The number of hydrogen-bond acceptors (Lipinski definition) is 3. The van der Waals surface area contributed by atoms with Crippen LogP contribution in [-0.4, -0.2) is 22.6 Å². The number of ether oxygens (including phenoxy) is 1. The molecule has 15 heavy (non-hydrogen) atoms. The highest BCUT2D eigenvalue weighted by Crippen LogP contribution is 2.19. The summed E-state index contributed by atoms with van der Waals surface area (Å²) in [5.74, 6) is -0.726. The molecule has 0 bridgehead atoms. The Balaban J connectivity index is 3.18. The van der Waals surface area contributed by atoms with Crippen molar-refractivity contribution in [3.63, 3.8) is 0 Å². The fraction of sp³-hybridized carbons (Fsp3) is 0.200. The van der Waals surface area contributed by atoms with E-state index >= 15 is 0 Å². The molecule has 1 aromatic rings. The van der Waals surface area contributed by atoms with Gasteiger partial charge in [0, 0.05) is 5.56 Å². The van der Waals surface area contributed by atoms with Gasteiger partial charge in [-0.25, -0.2) is 4.79 Å². The minimum absolute atomic E-state index is 0.212. The van der Waals surface area contributed by atoms with Gasteiger partial charge >= 0.3 is 5.97 Å². The van der Waals surface area contributed by atoms with E-state index in [4.69, 9.17) is 0 Å². The topological polar surface area (TPSA) is 43.4 Å². The zero-order valence-electron chi connectivity index (χ0n) is 7.87. The summed E-state index contributed by atoms with van der Waals surface area (Å²) >= 11 is 6.19. The van der Waals surface area contributed by atoms with Crippen molar-refractivity contribution < 1.29 is 14.3 Å². The third-order valence-electron chi connectivity index (χ3n) is 1.80. The molecule has 3 nitrogen and oxygen atoms in total. The summed E-state index contributed by atoms with van der Waals surface area (Å²) < 4.78 is 4.08. The Kier molecular flexibility index (Phi) is 4.47. The highest BCUT2D eigenvalue weighted by atomic mass is 79.9. The first-order valence-corrected chi connectivity index (χ1v) is 5.90. The number of halogens is 2. The number of carbonyl (C=O) groups is 2. The Morgan fingerprint density at radius 2 is 1.73 bits per heavy atom. The van der Waals surface area contributed by atoms with Gasteiger partial charge in [-0.2, -0.15) is 0 Å². The molecule has 80 valence electrons. The molecule has 0 aromatic heterocycles. The maximum absolute atomic E-state index is 11.7. The SMILES string of the molecule is COC(=O)c1ccccc1C(=O)C(Br)Br. The highest BCUT2D eigenvalue weighted by Gasteiger charge is 2.20. The largest absolute Gasteiger partial charge is 0.465 e. The summed E-state index contributed by atoms with van der Waals surface area (Å²) in [4.78, 5) is 23.0. The standard InChI is InChI=1S/C10H8Br2O3/c1-15-10(14)7-5-3-2-4-6(7)8(13)9(11)12/h2-5,9H,1H3. The third kappa shape index (κ3) is 2.89. The highest BCUT2D eigenvalue weighted by molar-refractivity contribution is 9.25. The van der Waals surface area contributed by atoms with Crippen LogP contribution in [0, 0.1) is 0 Å². The monoisotopic (exact) mass is 334 g/mol. The van der Waals surface area contributed by atoms with Gasteiger partial charge < -0.3 is 4.74 Å². The second-order valence-corrected chi connectivity index (χ2v) is 5.76. The van der Waals surface area contributed by atoms with Crippen molar-refractivity contribution in [1.29, 1.82) is 0 Å². The third-order valence-corrected chi connectivity index (χ3v) is 2.63. The molecule has 5 heteroatoms. The van der Waals surface area contributed by atoms with Crippen LogP contribution in [0.5, 0.6) is 0 Å². The van der Waals surface area contributed by atoms with Crippen molar-refractivity contribution in [2.24, 2.45) is 0 Å².